The van der Waals surface area contributed by atoms with E-state index in [0.29, 0.717) is 18.2 Å². The lowest BCUT2D eigenvalue weighted by Crippen LogP contribution is -2.29. The molecule has 1 amide bonds. The van der Waals surface area contributed by atoms with Crippen LogP contribution in [-0.2, 0) is 16.0 Å². The zero-order valence-electron chi connectivity index (χ0n) is 13.9. The molecule has 25 heavy (non-hydrogen) atoms. The van der Waals surface area contributed by atoms with Crippen molar-refractivity contribution in [2.75, 3.05) is 25.0 Å². The van der Waals surface area contributed by atoms with Gasteiger partial charge in [0.05, 0.1) is 0 Å². The van der Waals surface area contributed by atoms with Crippen molar-refractivity contribution in [1.82, 2.24) is 10.3 Å². The second-order valence-corrected chi connectivity index (χ2v) is 6.08. The molecule has 1 aromatic carbocycles. The summed E-state index contributed by atoms with van der Waals surface area (Å²) in [5.74, 6) is -0.927. The van der Waals surface area contributed by atoms with Crippen molar-refractivity contribution < 1.29 is 14.3 Å². The van der Waals surface area contributed by atoms with E-state index in [1.54, 1.807) is 11.5 Å². The standard InChI is InChI=1S/C18H21N3O3S/c1-2-10-20-18-21-15(13-25-18)17(23)24-12-16(22)19-11-6-9-14-7-4-3-5-8-14/h2-5,7-8,13H,1,6,9-12H2,(H,19,22)(H,20,21). The third-order valence-electron chi connectivity index (χ3n) is 3.25. The van der Waals surface area contributed by atoms with Crippen LogP contribution in [0.5, 0.6) is 0 Å². The lowest BCUT2D eigenvalue weighted by molar-refractivity contribution is -0.124. The Bertz CT molecular complexity index is 701. The van der Waals surface area contributed by atoms with Gasteiger partial charge in [0.2, 0.25) is 0 Å². The molecule has 6 nitrogen and oxygen atoms in total. The number of benzene rings is 1. The second kappa shape index (κ2) is 10.2. The average Bonchev–Trinajstić information content (AvgIpc) is 3.11. The smallest absolute Gasteiger partial charge is 0.358 e. The van der Waals surface area contributed by atoms with Crippen molar-refractivity contribution in [3.8, 4) is 0 Å². The van der Waals surface area contributed by atoms with Crippen molar-refractivity contribution in [3.63, 3.8) is 0 Å². The number of nitrogens with one attached hydrogen (secondary N) is 2. The molecule has 0 fully saturated rings. The summed E-state index contributed by atoms with van der Waals surface area (Å²) in [7, 11) is 0. The first-order valence-electron chi connectivity index (χ1n) is 7.97. The van der Waals surface area contributed by atoms with Gasteiger partial charge in [0.25, 0.3) is 5.91 Å². The van der Waals surface area contributed by atoms with Crippen molar-refractivity contribution in [2.45, 2.75) is 12.8 Å². The quantitative estimate of drug-likeness (QED) is 0.387. The van der Waals surface area contributed by atoms with E-state index in [1.165, 1.54) is 16.9 Å². The average molecular weight is 359 g/mol. The fraction of sp³-hybridized carbons (Fsp3) is 0.278. The Labute approximate surface area is 150 Å². The molecule has 0 aliphatic rings. The van der Waals surface area contributed by atoms with Crippen molar-refractivity contribution in [1.29, 1.82) is 0 Å². The molecule has 0 saturated carbocycles. The van der Waals surface area contributed by atoms with E-state index in [9.17, 15) is 9.59 Å². The molecule has 0 aliphatic heterocycles. The zero-order valence-corrected chi connectivity index (χ0v) is 14.7. The van der Waals surface area contributed by atoms with Gasteiger partial charge < -0.3 is 15.4 Å². The van der Waals surface area contributed by atoms with E-state index in [4.69, 9.17) is 4.74 Å². The summed E-state index contributed by atoms with van der Waals surface area (Å²) in [6.45, 7) is 4.39. The van der Waals surface area contributed by atoms with Gasteiger partial charge in [-0.1, -0.05) is 36.4 Å². The third kappa shape index (κ3) is 6.76. The molecule has 2 aromatic rings. The molecule has 0 aliphatic carbocycles. The van der Waals surface area contributed by atoms with Gasteiger partial charge in [-0.05, 0) is 18.4 Å². The summed E-state index contributed by atoms with van der Waals surface area (Å²) in [6.07, 6.45) is 3.41. The lowest BCUT2D eigenvalue weighted by Gasteiger charge is -2.06. The largest absolute Gasteiger partial charge is 0.451 e. The number of carbonyl (C=O) groups excluding carboxylic acids is 2. The molecule has 7 heteroatoms. The van der Waals surface area contributed by atoms with E-state index in [-0.39, 0.29) is 18.2 Å². The van der Waals surface area contributed by atoms with Gasteiger partial charge >= 0.3 is 5.97 Å². The van der Waals surface area contributed by atoms with Gasteiger partial charge in [-0.15, -0.1) is 17.9 Å². The Morgan fingerprint density at radius 3 is 2.84 bits per heavy atom. The van der Waals surface area contributed by atoms with Crippen LogP contribution in [0.3, 0.4) is 0 Å². The maximum absolute atomic E-state index is 11.8. The highest BCUT2D eigenvalue weighted by Gasteiger charge is 2.13. The number of aryl methyl sites for hydroxylation is 1. The highest BCUT2D eigenvalue weighted by molar-refractivity contribution is 7.13. The summed E-state index contributed by atoms with van der Waals surface area (Å²) < 4.78 is 4.97. The molecule has 0 atom stereocenters. The van der Waals surface area contributed by atoms with Crippen LogP contribution in [0.1, 0.15) is 22.5 Å². The van der Waals surface area contributed by atoms with Gasteiger partial charge in [0.1, 0.15) is 0 Å². The number of aromatic nitrogens is 1. The third-order valence-corrected chi connectivity index (χ3v) is 4.05. The number of hydrogen-bond donors (Lipinski definition) is 2. The summed E-state index contributed by atoms with van der Waals surface area (Å²) in [5, 5.41) is 7.92. The predicted molar refractivity (Wildman–Crippen MR) is 98.9 cm³/mol. The number of ether oxygens (including phenoxy) is 1. The van der Waals surface area contributed by atoms with Crippen LogP contribution in [0.25, 0.3) is 0 Å². The molecule has 2 N–H and O–H groups in total. The molecule has 132 valence electrons. The molecule has 0 bridgehead atoms. The fourth-order valence-electron chi connectivity index (χ4n) is 2.03. The van der Waals surface area contributed by atoms with Crippen molar-refractivity contribution in [3.05, 3.63) is 59.6 Å². The summed E-state index contributed by atoms with van der Waals surface area (Å²) in [4.78, 5) is 27.6. The van der Waals surface area contributed by atoms with Crippen molar-refractivity contribution in [2.24, 2.45) is 0 Å². The second-order valence-electron chi connectivity index (χ2n) is 5.22. The summed E-state index contributed by atoms with van der Waals surface area (Å²) in [6, 6.07) is 10.1. The first-order valence-corrected chi connectivity index (χ1v) is 8.85. The Kier molecular flexibility index (Phi) is 7.65. The van der Waals surface area contributed by atoms with Crippen LogP contribution in [0.15, 0.2) is 48.4 Å². The zero-order chi connectivity index (χ0) is 17.9. The number of amides is 1. The minimum Gasteiger partial charge on any atom is -0.451 e. The van der Waals surface area contributed by atoms with E-state index in [2.05, 4.69) is 34.3 Å². The van der Waals surface area contributed by atoms with Gasteiger partial charge in [-0.25, -0.2) is 9.78 Å². The Hall–Kier alpha value is -2.67. The van der Waals surface area contributed by atoms with E-state index in [1.807, 2.05) is 18.2 Å². The molecule has 2 rings (SSSR count). The number of nitrogens with zero attached hydrogens (tertiary/aromatic N) is 1. The molecule has 0 spiro atoms. The molecular weight excluding hydrogens is 338 g/mol. The molecule has 1 heterocycles. The first-order chi connectivity index (χ1) is 12.2. The minimum absolute atomic E-state index is 0.188. The van der Waals surface area contributed by atoms with Crippen LogP contribution in [-0.4, -0.2) is 36.6 Å². The molecule has 0 saturated heterocycles. The van der Waals surface area contributed by atoms with E-state index >= 15 is 0 Å². The number of thiazole rings is 1. The minimum atomic E-state index is -0.609. The molecular formula is C18H21N3O3S. The Morgan fingerprint density at radius 2 is 2.08 bits per heavy atom. The van der Waals surface area contributed by atoms with Crippen LogP contribution >= 0.6 is 11.3 Å². The number of anilines is 1. The predicted octanol–water partition coefficient (Wildman–Crippen LogP) is 2.65. The highest BCUT2D eigenvalue weighted by Crippen LogP contribution is 2.15. The Morgan fingerprint density at radius 1 is 1.28 bits per heavy atom. The van der Waals surface area contributed by atoms with Gasteiger partial charge in [0, 0.05) is 18.5 Å². The normalized spacial score (nSPS) is 10.1. The van der Waals surface area contributed by atoms with Gasteiger partial charge in [-0.2, -0.15) is 0 Å². The monoisotopic (exact) mass is 359 g/mol. The Balaban J connectivity index is 1.63. The lowest BCUT2D eigenvalue weighted by atomic mass is 10.1. The number of hydrogen-bond acceptors (Lipinski definition) is 6. The van der Waals surface area contributed by atoms with Crippen LogP contribution in [0.4, 0.5) is 5.13 Å². The summed E-state index contributed by atoms with van der Waals surface area (Å²) >= 11 is 1.30. The van der Waals surface area contributed by atoms with Gasteiger partial charge in [0.15, 0.2) is 17.4 Å². The van der Waals surface area contributed by atoms with Gasteiger partial charge in [-0.3, -0.25) is 4.79 Å². The number of rotatable bonds is 10. The van der Waals surface area contributed by atoms with Crippen molar-refractivity contribution >= 4 is 28.3 Å². The topological polar surface area (TPSA) is 80.3 Å². The molecule has 0 unspecified atom stereocenters. The summed E-state index contributed by atoms with van der Waals surface area (Å²) in [5.41, 5.74) is 1.42. The number of esters is 1. The fourth-order valence-corrected chi connectivity index (χ4v) is 2.72. The molecule has 1 aromatic heterocycles. The first kappa shape index (κ1) is 18.7. The van der Waals surface area contributed by atoms with E-state index in [0.717, 1.165) is 12.8 Å². The molecule has 0 radical (unpaired) electrons. The maximum Gasteiger partial charge on any atom is 0.358 e. The van der Waals surface area contributed by atoms with Crippen LogP contribution < -0.4 is 10.6 Å². The van der Waals surface area contributed by atoms with Crippen LogP contribution in [0.2, 0.25) is 0 Å². The maximum atomic E-state index is 11.8. The number of carbonyl (C=O) groups is 2. The highest BCUT2D eigenvalue weighted by atomic mass is 32.1. The van der Waals surface area contributed by atoms with Crippen LogP contribution in [0, 0.1) is 0 Å². The SMILES string of the molecule is C=CCNc1nc(C(=O)OCC(=O)NCCCc2ccccc2)cs1. The van der Waals surface area contributed by atoms with E-state index < -0.39 is 5.97 Å².